The molecule has 3 heteroatoms. The number of hydrogen-bond acceptors (Lipinski definition) is 3. The van der Waals surface area contributed by atoms with E-state index >= 15 is 0 Å². The maximum Gasteiger partial charge on any atom is 0.0556 e. The molecule has 2 aliphatic heterocycles. The predicted octanol–water partition coefficient (Wildman–Crippen LogP) is 1.28. The number of hydrogen-bond donors (Lipinski definition) is 0. The highest BCUT2D eigenvalue weighted by Gasteiger charge is 2.32. The normalized spacial score (nSPS) is 29.5. The first-order valence-corrected chi connectivity index (χ1v) is 5.74. The van der Waals surface area contributed by atoms with Crippen LogP contribution < -0.4 is 4.90 Å². The lowest BCUT2D eigenvalue weighted by molar-refractivity contribution is 0.310. The van der Waals surface area contributed by atoms with Gasteiger partial charge < -0.3 is 4.90 Å². The van der Waals surface area contributed by atoms with Crippen molar-refractivity contribution in [1.29, 1.82) is 0 Å². The van der Waals surface area contributed by atoms with Crippen LogP contribution in [0.15, 0.2) is 18.3 Å². The Morgan fingerprint density at radius 3 is 3.00 bits per heavy atom. The first kappa shape index (κ1) is 9.16. The summed E-state index contributed by atoms with van der Waals surface area (Å²) in [6, 6.07) is 5.04. The minimum Gasteiger partial charge on any atom is -0.365 e. The second-order valence-corrected chi connectivity index (χ2v) is 4.59. The van der Waals surface area contributed by atoms with Crippen LogP contribution in [0.5, 0.6) is 0 Å². The lowest BCUT2D eigenvalue weighted by Crippen LogP contribution is -2.46. The van der Waals surface area contributed by atoms with E-state index < -0.39 is 0 Å². The van der Waals surface area contributed by atoms with Gasteiger partial charge in [-0.05, 0) is 25.5 Å². The molecule has 0 aromatic carbocycles. The number of pyridine rings is 1. The number of aromatic nitrogens is 1. The monoisotopic (exact) mass is 203 g/mol. The molecule has 1 aromatic rings. The molecule has 2 aliphatic rings. The number of fused-ring (bicyclic) bond motifs is 2. The lowest BCUT2D eigenvalue weighted by atomic mass is 10.2. The molecule has 3 heterocycles. The Kier molecular flexibility index (Phi) is 2.13. The van der Waals surface area contributed by atoms with E-state index in [0.29, 0.717) is 0 Å². The third-order valence-electron chi connectivity index (χ3n) is 3.57. The van der Waals surface area contributed by atoms with E-state index in [1.165, 1.54) is 31.7 Å². The Morgan fingerprint density at radius 2 is 2.20 bits per heavy atom. The van der Waals surface area contributed by atoms with E-state index in [0.717, 1.165) is 18.3 Å². The lowest BCUT2D eigenvalue weighted by Gasteiger charge is -2.35. The quantitative estimate of drug-likeness (QED) is 0.685. The summed E-state index contributed by atoms with van der Waals surface area (Å²) in [4.78, 5) is 9.46. The van der Waals surface area contributed by atoms with Crippen molar-refractivity contribution >= 4 is 5.69 Å². The number of piperazine rings is 1. The Balaban J connectivity index is 1.84. The fourth-order valence-electron chi connectivity index (χ4n) is 2.67. The van der Waals surface area contributed by atoms with Gasteiger partial charge in [0.1, 0.15) is 0 Å². The number of aryl methyl sites for hydroxylation is 1. The smallest absolute Gasteiger partial charge is 0.0556 e. The highest BCUT2D eigenvalue weighted by Crippen LogP contribution is 2.25. The summed E-state index contributed by atoms with van der Waals surface area (Å²) in [5.74, 6) is 0. The average Bonchev–Trinajstić information content (AvgIpc) is 2.63. The number of rotatable bonds is 1. The fourth-order valence-corrected chi connectivity index (χ4v) is 2.67. The van der Waals surface area contributed by atoms with E-state index in [1.807, 2.05) is 13.1 Å². The van der Waals surface area contributed by atoms with Crippen LogP contribution >= 0.6 is 0 Å². The van der Waals surface area contributed by atoms with Gasteiger partial charge in [-0.15, -0.1) is 0 Å². The van der Waals surface area contributed by atoms with Gasteiger partial charge >= 0.3 is 0 Å². The summed E-state index contributed by atoms with van der Waals surface area (Å²) in [7, 11) is 0. The van der Waals surface area contributed by atoms with Gasteiger partial charge in [0.05, 0.1) is 11.9 Å². The van der Waals surface area contributed by atoms with Crippen molar-refractivity contribution in [3.8, 4) is 0 Å². The molecule has 2 unspecified atom stereocenters. The largest absolute Gasteiger partial charge is 0.365 e. The maximum atomic E-state index is 4.38. The Hall–Kier alpha value is -1.09. The van der Waals surface area contributed by atoms with Crippen LogP contribution in [0.1, 0.15) is 12.1 Å². The standard InChI is InChI=1S/C12H17N3/c1-10-2-3-11(8-13-10)15-7-6-14-5-4-12(15)9-14/h2-3,8,12H,4-7,9H2,1H3. The van der Waals surface area contributed by atoms with Crippen LogP contribution in [0.3, 0.4) is 0 Å². The molecule has 3 nitrogen and oxygen atoms in total. The van der Waals surface area contributed by atoms with E-state index in [1.54, 1.807) is 0 Å². The molecule has 15 heavy (non-hydrogen) atoms. The number of anilines is 1. The first-order valence-electron chi connectivity index (χ1n) is 5.74. The van der Waals surface area contributed by atoms with Crippen LogP contribution in [-0.2, 0) is 0 Å². The SMILES string of the molecule is Cc1ccc(N2CCN3CCC2C3)cn1. The van der Waals surface area contributed by atoms with Crippen LogP contribution in [0.2, 0.25) is 0 Å². The van der Waals surface area contributed by atoms with E-state index in [-0.39, 0.29) is 0 Å². The minimum atomic E-state index is 0.725. The molecule has 0 spiro atoms. The van der Waals surface area contributed by atoms with Gasteiger partial charge in [-0.3, -0.25) is 9.88 Å². The third-order valence-corrected chi connectivity index (χ3v) is 3.57. The summed E-state index contributed by atoms with van der Waals surface area (Å²) >= 11 is 0. The highest BCUT2D eigenvalue weighted by molar-refractivity contribution is 5.46. The van der Waals surface area contributed by atoms with Gasteiger partial charge in [0.25, 0.3) is 0 Å². The van der Waals surface area contributed by atoms with Crippen molar-refractivity contribution in [2.45, 2.75) is 19.4 Å². The molecule has 80 valence electrons. The van der Waals surface area contributed by atoms with Crippen molar-refractivity contribution in [2.24, 2.45) is 0 Å². The van der Waals surface area contributed by atoms with Crippen molar-refractivity contribution in [1.82, 2.24) is 9.88 Å². The van der Waals surface area contributed by atoms with E-state index in [2.05, 4.69) is 26.9 Å². The van der Waals surface area contributed by atoms with E-state index in [4.69, 9.17) is 0 Å². The van der Waals surface area contributed by atoms with Gasteiger partial charge in [-0.2, -0.15) is 0 Å². The Bertz CT molecular complexity index is 346. The molecular formula is C12H17N3. The molecular weight excluding hydrogens is 186 g/mol. The predicted molar refractivity (Wildman–Crippen MR) is 61.2 cm³/mol. The van der Waals surface area contributed by atoms with Crippen molar-refractivity contribution in [3.05, 3.63) is 24.0 Å². The fraction of sp³-hybridized carbons (Fsp3) is 0.583. The number of nitrogens with zero attached hydrogens (tertiary/aromatic N) is 3. The summed E-state index contributed by atoms with van der Waals surface area (Å²) in [6.45, 7) is 6.94. The maximum absolute atomic E-state index is 4.38. The van der Waals surface area contributed by atoms with Gasteiger partial charge in [-0.1, -0.05) is 0 Å². The summed E-state index contributed by atoms with van der Waals surface area (Å²) < 4.78 is 0. The van der Waals surface area contributed by atoms with Gasteiger partial charge in [0.2, 0.25) is 0 Å². The summed E-state index contributed by atoms with van der Waals surface area (Å²) in [6.07, 6.45) is 3.33. The summed E-state index contributed by atoms with van der Waals surface area (Å²) in [5, 5.41) is 0. The molecule has 0 amide bonds. The molecule has 1 aromatic heterocycles. The zero-order valence-corrected chi connectivity index (χ0v) is 9.19. The van der Waals surface area contributed by atoms with Crippen LogP contribution in [0, 0.1) is 6.92 Å². The van der Waals surface area contributed by atoms with Crippen molar-refractivity contribution < 1.29 is 0 Å². The third kappa shape index (κ3) is 1.61. The zero-order chi connectivity index (χ0) is 10.3. The topological polar surface area (TPSA) is 19.4 Å². The minimum absolute atomic E-state index is 0.725. The van der Waals surface area contributed by atoms with Crippen LogP contribution in [-0.4, -0.2) is 42.1 Å². The molecule has 0 saturated carbocycles. The van der Waals surface area contributed by atoms with Crippen molar-refractivity contribution in [3.63, 3.8) is 0 Å². The zero-order valence-electron chi connectivity index (χ0n) is 9.19. The highest BCUT2D eigenvalue weighted by atomic mass is 15.3. The van der Waals surface area contributed by atoms with Crippen molar-refractivity contribution in [2.75, 3.05) is 31.1 Å². The molecule has 0 radical (unpaired) electrons. The summed E-state index contributed by atoms with van der Waals surface area (Å²) in [5.41, 5.74) is 2.40. The van der Waals surface area contributed by atoms with E-state index in [9.17, 15) is 0 Å². The van der Waals surface area contributed by atoms with Gasteiger partial charge in [-0.25, -0.2) is 0 Å². The van der Waals surface area contributed by atoms with Crippen LogP contribution in [0.25, 0.3) is 0 Å². The molecule has 3 rings (SSSR count). The molecule has 2 fully saturated rings. The Morgan fingerprint density at radius 1 is 1.27 bits per heavy atom. The average molecular weight is 203 g/mol. The van der Waals surface area contributed by atoms with Gasteiger partial charge in [0, 0.05) is 37.9 Å². The molecule has 0 aliphatic carbocycles. The molecule has 2 bridgehead atoms. The first-order chi connectivity index (χ1) is 7.33. The van der Waals surface area contributed by atoms with Gasteiger partial charge in [0.15, 0.2) is 0 Å². The second kappa shape index (κ2) is 3.49. The second-order valence-electron chi connectivity index (χ2n) is 4.59. The molecule has 0 N–H and O–H groups in total. The molecule has 2 atom stereocenters. The molecule has 2 saturated heterocycles. The van der Waals surface area contributed by atoms with Crippen LogP contribution in [0.4, 0.5) is 5.69 Å². The Labute approximate surface area is 90.7 Å².